The summed E-state index contributed by atoms with van der Waals surface area (Å²) in [6, 6.07) is 19.5. The number of halogens is 4. The summed E-state index contributed by atoms with van der Waals surface area (Å²) in [7, 11) is 0. The van der Waals surface area contributed by atoms with Crippen molar-refractivity contribution in [3.63, 3.8) is 0 Å². The first-order valence-corrected chi connectivity index (χ1v) is 10.3. The predicted molar refractivity (Wildman–Crippen MR) is 128 cm³/mol. The minimum atomic E-state index is -4.76. The van der Waals surface area contributed by atoms with E-state index in [2.05, 4.69) is 17.2 Å². The van der Waals surface area contributed by atoms with Crippen LogP contribution in [-0.2, 0) is 12.7 Å². The lowest BCUT2D eigenvalue weighted by Gasteiger charge is -2.14. The van der Waals surface area contributed by atoms with Crippen LogP contribution in [0.3, 0.4) is 0 Å². The van der Waals surface area contributed by atoms with Gasteiger partial charge in [0.05, 0.1) is 5.56 Å². The molecule has 34 heavy (non-hydrogen) atoms. The van der Waals surface area contributed by atoms with Crippen molar-refractivity contribution in [1.29, 1.82) is 0 Å². The Labute approximate surface area is 195 Å². The Morgan fingerprint density at radius 3 is 2.29 bits per heavy atom. The van der Waals surface area contributed by atoms with Gasteiger partial charge in [-0.3, -0.25) is 0 Å². The summed E-state index contributed by atoms with van der Waals surface area (Å²) in [5, 5.41) is 6.02. The van der Waals surface area contributed by atoms with Crippen LogP contribution in [0.1, 0.15) is 22.3 Å². The van der Waals surface area contributed by atoms with Crippen molar-refractivity contribution < 1.29 is 17.6 Å². The summed E-state index contributed by atoms with van der Waals surface area (Å²) in [6.07, 6.45) is -1.42. The molecule has 0 bridgehead atoms. The molecule has 0 saturated heterocycles. The van der Waals surface area contributed by atoms with Crippen molar-refractivity contribution in [1.82, 2.24) is 5.32 Å². The second kappa shape index (κ2) is 10.6. The van der Waals surface area contributed by atoms with Crippen LogP contribution >= 0.6 is 0 Å². The smallest absolute Gasteiger partial charge is 0.398 e. The number of allylic oxidation sites excluding steroid dienone is 2. The van der Waals surface area contributed by atoms with Crippen LogP contribution in [-0.4, -0.2) is 0 Å². The minimum Gasteiger partial charge on any atom is -0.398 e. The van der Waals surface area contributed by atoms with Gasteiger partial charge in [-0.05, 0) is 53.1 Å². The Balaban J connectivity index is 1.64. The zero-order chi connectivity index (χ0) is 24.7. The number of hydrogen-bond acceptors (Lipinski definition) is 4. The molecule has 0 aliphatic carbocycles. The normalized spacial score (nSPS) is 12.4. The molecule has 0 heterocycles. The van der Waals surface area contributed by atoms with Gasteiger partial charge in [0.25, 0.3) is 0 Å². The number of nitrogens with two attached hydrogens (primary N) is 2. The molecule has 0 unspecified atom stereocenters. The van der Waals surface area contributed by atoms with E-state index in [4.69, 9.17) is 11.5 Å². The molecule has 0 aliphatic rings. The van der Waals surface area contributed by atoms with Crippen molar-refractivity contribution in [2.24, 2.45) is 11.5 Å². The van der Waals surface area contributed by atoms with E-state index >= 15 is 0 Å². The van der Waals surface area contributed by atoms with Gasteiger partial charge in [-0.25, -0.2) is 4.39 Å². The van der Waals surface area contributed by atoms with E-state index in [1.807, 2.05) is 30.3 Å². The lowest BCUT2D eigenvalue weighted by Crippen LogP contribution is -2.14. The van der Waals surface area contributed by atoms with Gasteiger partial charge < -0.3 is 22.1 Å². The first-order chi connectivity index (χ1) is 16.1. The minimum absolute atomic E-state index is 0.0471. The Bertz CT molecular complexity index is 1210. The molecule has 0 saturated carbocycles. The van der Waals surface area contributed by atoms with E-state index in [0.29, 0.717) is 28.5 Å². The molecule has 0 atom stereocenters. The predicted octanol–water partition coefficient (Wildman–Crippen LogP) is 5.82. The zero-order valence-corrected chi connectivity index (χ0v) is 18.2. The van der Waals surface area contributed by atoms with Gasteiger partial charge >= 0.3 is 6.18 Å². The fraction of sp³-hybridized carbons (Fsp3) is 0.0769. The van der Waals surface area contributed by atoms with Crippen LogP contribution in [0, 0.1) is 5.82 Å². The Morgan fingerprint density at radius 1 is 0.882 bits per heavy atom. The number of rotatable bonds is 8. The zero-order valence-electron chi connectivity index (χ0n) is 18.2. The molecule has 0 aliphatic heterocycles. The van der Waals surface area contributed by atoms with Crippen LogP contribution in [0.15, 0.2) is 97.3 Å². The summed E-state index contributed by atoms with van der Waals surface area (Å²) in [5.41, 5.74) is 14.4. The maximum absolute atomic E-state index is 13.5. The number of nitrogens with one attached hydrogen (secondary N) is 2. The van der Waals surface area contributed by atoms with Gasteiger partial charge in [-0.15, -0.1) is 0 Å². The molecule has 3 aromatic rings. The van der Waals surface area contributed by atoms with Crippen molar-refractivity contribution in [2.45, 2.75) is 12.7 Å². The molecule has 0 radical (unpaired) electrons. The first-order valence-electron chi connectivity index (χ1n) is 10.3. The molecule has 3 rings (SSSR count). The molecule has 8 heteroatoms. The van der Waals surface area contributed by atoms with E-state index < -0.39 is 17.6 Å². The fourth-order valence-electron chi connectivity index (χ4n) is 3.11. The maximum atomic E-state index is 13.5. The van der Waals surface area contributed by atoms with E-state index in [0.717, 1.165) is 17.7 Å². The van der Waals surface area contributed by atoms with Crippen molar-refractivity contribution in [3.8, 4) is 0 Å². The quantitative estimate of drug-likeness (QED) is 0.248. The standard InChI is InChI=1S/C26H24F4N4/c1-17(33-16-18-10-11-23(27)22(14-18)26(28,29)30)20-8-5-9-21(15-20)34-25(32)13-12-24(31)19-6-3-2-4-7-19/h2-15,33-34H,1,16,31-32H2/b24-12-,25-13+. The SMILES string of the molecule is C=C(NCc1ccc(F)c(C(F)(F)F)c1)c1cccc(N/C(N)=C/C=C(\N)c2ccccc2)c1. The number of hydrogen-bond donors (Lipinski definition) is 4. The highest BCUT2D eigenvalue weighted by Gasteiger charge is 2.34. The molecule has 176 valence electrons. The van der Waals surface area contributed by atoms with Crippen LogP contribution in [0.4, 0.5) is 23.2 Å². The van der Waals surface area contributed by atoms with Gasteiger partial charge in [-0.1, -0.05) is 55.1 Å². The lowest BCUT2D eigenvalue weighted by molar-refractivity contribution is -0.140. The molecular formula is C26H24F4N4. The number of alkyl halides is 3. The second-order valence-electron chi connectivity index (χ2n) is 7.46. The molecular weight excluding hydrogens is 444 g/mol. The fourth-order valence-corrected chi connectivity index (χ4v) is 3.11. The number of benzene rings is 3. The van der Waals surface area contributed by atoms with Gasteiger partial charge in [0.2, 0.25) is 0 Å². The summed E-state index contributed by atoms with van der Waals surface area (Å²) in [4.78, 5) is 0. The molecule has 0 fully saturated rings. The molecule has 0 amide bonds. The Kier molecular flexibility index (Phi) is 7.63. The third-order valence-corrected chi connectivity index (χ3v) is 4.89. The summed E-state index contributed by atoms with van der Waals surface area (Å²) >= 11 is 0. The second-order valence-corrected chi connectivity index (χ2v) is 7.46. The summed E-state index contributed by atoms with van der Waals surface area (Å²) in [5.74, 6) is -0.944. The highest BCUT2D eigenvalue weighted by atomic mass is 19.4. The van der Waals surface area contributed by atoms with Crippen molar-refractivity contribution >= 4 is 17.1 Å². The van der Waals surface area contributed by atoms with E-state index in [9.17, 15) is 17.6 Å². The van der Waals surface area contributed by atoms with Crippen LogP contribution in [0.25, 0.3) is 11.4 Å². The summed E-state index contributed by atoms with van der Waals surface area (Å²) < 4.78 is 52.2. The van der Waals surface area contributed by atoms with Gasteiger partial charge in [0.1, 0.15) is 11.6 Å². The molecule has 3 aromatic carbocycles. The lowest BCUT2D eigenvalue weighted by atomic mass is 10.1. The highest BCUT2D eigenvalue weighted by molar-refractivity contribution is 5.67. The average Bonchev–Trinajstić information content (AvgIpc) is 2.81. The van der Waals surface area contributed by atoms with Gasteiger partial charge in [0.15, 0.2) is 0 Å². The Hall–Kier alpha value is -4.20. The molecule has 0 aromatic heterocycles. The van der Waals surface area contributed by atoms with Crippen LogP contribution < -0.4 is 22.1 Å². The number of anilines is 1. The monoisotopic (exact) mass is 468 g/mol. The van der Waals surface area contributed by atoms with Crippen molar-refractivity contribution in [2.75, 3.05) is 5.32 Å². The topological polar surface area (TPSA) is 76.1 Å². The Morgan fingerprint density at radius 2 is 1.59 bits per heavy atom. The van der Waals surface area contributed by atoms with Crippen molar-refractivity contribution in [3.05, 3.63) is 125 Å². The molecule has 0 spiro atoms. The average molecular weight is 468 g/mol. The molecule has 4 nitrogen and oxygen atoms in total. The highest BCUT2D eigenvalue weighted by Crippen LogP contribution is 2.32. The third kappa shape index (κ3) is 6.65. The van der Waals surface area contributed by atoms with Gasteiger partial charge in [-0.2, -0.15) is 13.2 Å². The van der Waals surface area contributed by atoms with Crippen LogP contribution in [0.2, 0.25) is 0 Å². The van der Waals surface area contributed by atoms with Gasteiger partial charge in [0, 0.05) is 23.6 Å². The largest absolute Gasteiger partial charge is 0.419 e. The third-order valence-electron chi connectivity index (χ3n) is 4.89. The maximum Gasteiger partial charge on any atom is 0.419 e. The van der Waals surface area contributed by atoms with E-state index in [-0.39, 0.29) is 12.1 Å². The van der Waals surface area contributed by atoms with Crippen LogP contribution in [0.5, 0.6) is 0 Å². The van der Waals surface area contributed by atoms with E-state index in [1.54, 1.807) is 36.4 Å². The summed E-state index contributed by atoms with van der Waals surface area (Å²) in [6.45, 7) is 3.98. The van der Waals surface area contributed by atoms with E-state index in [1.165, 1.54) is 6.07 Å². The molecule has 6 N–H and O–H groups in total. The first kappa shape index (κ1) is 24.4.